The van der Waals surface area contributed by atoms with Crippen molar-refractivity contribution in [2.45, 2.75) is 20.8 Å². The molecule has 0 rings (SSSR count). The van der Waals surface area contributed by atoms with Crippen LogP contribution in [0.3, 0.4) is 0 Å². The van der Waals surface area contributed by atoms with Crippen molar-refractivity contribution in [1.29, 1.82) is 0 Å². The summed E-state index contributed by atoms with van der Waals surface area (Å²) < 4.78 is 4.87. The molecule has 0 spiro atoms. The van der Waals surface area contributed by atoms with Gasteiger partial charge in [-0.25, -0.2) is 0 Å². The fourth-order valence-electron chi connectivity index (χ4n) is 0.615. The Morgan fingerprint density at radius 1 is 1.29 bits per heavy atom. The summed E-state index contributed by atoms with van der Waals surface area (Å²) >= 11 is 0. The average Bonchev–Trinajstić information content (AvgIpc) is 2.18. The Morgan fingerprint density at radius 3 is 2.29 bits per heavy atom. The first-order chi connectivity index (χ1) is 6.66. The van der Waals surface area contributed by atoms with Gasteiger partial charge in [0, 0.05) is 19.4 Å². The molecule has 0 unspecified atom stereocenters. The maximum Gasteiger partial charge on any atom is 0.0635 e. The van der Waals surface area contributed by atoms with E-state index in [4.69, 9.17) is 4.74 Å². The number of hydrogen-bond acceptors (Lipinski definition) is 2. The molecule has 82 valence electrons. The first-order valence-corrected chi connectivity index (χ1v) is 4.92. The molecule has 1 N–H and O–H groups in total. The first kappa shape index (κ1) is 15.5. The van der Waals surface area contributed by atoms with E-state index >= 15 is 0 Å². The number of hydrogen-bond donors (Lipinski definition) is 1. The molecule has 0 aromatic carbocycles. The molecule has 0 aliphatic heterocycles. The van der Waals surface area contributed by atoms with E-state index in [0.29, 0.717) is 6.61 Å². The SMILES string of the molecule is C=C(C)/C=C\C(=C)NCCOC.CC. The lowest BCUT2D eigenvalue weighted by Crippen LogP contribution is -2.16. The van der Waals surface area contributed by atoms with Gasteiger partial charge in [0.05, 0.1) is 6.61 Å². The molecular formula is C12H23NO. The first-order valence-electron chi connectivity index (χ1n) is 4.92. The van der Waals surface area contributed by atoms with Gasteiger partial charge in [0.2, 0.25) is 0 Å². The summed E-state index contributed by atoms with van der Waals surface area (Å²) in [5, 5.41) is 3.09. The van der Waals surface area contributed by atoms with E-state index in [1.165, 1.54) is 0 Å². The lowest BCUT2D eigenvalue weighted by molar-refractivity contribution is 0.202. The zero-order chi connectivity index (χ0) is 11.4. The molecule has 0 aromatic rings. The number of methoxy groups -OCH3 is 1. The topological polar surface area (TPSA) is 21.3 Å². The van der Waals surface area contributed by atoms with Crippen LogP contribution in [0.25, 0.3) is 0 Å². The molecule has 0 atom stereocenters. The Kier molecular flexibility index (Phi) is 13.2. The van der Waals surface area contributed by atoms with Gasteiger partial charge in [-0.3, -0.25) is 0 Å². The summed E-state index contributed by atoms with van der Waals surface area (Å²) in [6.45, 7) is 15.0. The highest BCUT2D eigenvalue weighted by molar-refractivity contribution is 5.21. The van der Waals surface area contributed by atoms with Gasteiger partial charge in [-0.15, -0.1) is 0 Å². The van der Waals surface area contributed by atoms with E-state index in [9.17, 15) is 0 Å². The van der Waals surface area contributed by atoms with Crippen LogP contribution in [0.15, 0.2) is 36.6 Å². The summed E-state index contributed by atoms with van der Waals surface area (Å²) in [6, 6.07) is 0. The minimum absolute atomic E-state index is 0.694. The maximum atomic E-state index is 4.87. The summed E-state index contributed by atoms with van der Waals surface area (Å²) in [4.78, 5) is 0. The molecule has 0 fully saturated rings. The molecular weight excluding hydrogens is 174 g/mol. The molecule has 0 aliphatic carbocycles. The zero-order valence-electron chi connectivity index (χ0n) is 9.89. The third kappa shape index (κ3) is 13.6. The lowest BCUT2D eigenvalue weighted by Gasteiger charge is -2.03. The van der Waals surface area contributed by atoms with Crippen molar-refractivity contribution < 1.29 is 4.74 Å². The second-order valence-electron chi connectivity index (χ2n) is 2.62. The Morgan fingerprint density at radius 2 is 1.86 bits per heavy atom. The van der Waals surface area contributed by atoms with E-state index in [1.54, 1.807) is 7.11 Å². The lowest BCUT2D eigenvalue weighted by atomic mass is 10.3. The fraction of sp³-hybridized carbons (Fsp3) is 0.500. The van der Waals surface area contributed by atoms with E-state index in [2.05, 4.69) is 18.5 Å². The smallest absolute Gasteiger partial charge is 0.0635 e. The minimum Gasteiger partial charge on any atom is -0.383 e. The Labute approximate surface area is 88.4 Å². The Hall–Kier alpha value is -1.02. The summed E-state index contributed by atoms with van der Waals surface area (Å²) in [7, 11) is 1.67. The van der Waals surface area contributed by atoms with Crippen molar-refractivity contribution in [3.05, 3.63) is 36.6 Å². The maximum absolute atomic E-state index is 4.87. The number of rotatable bonds is 6. The van der Waals surface area contributed by atoms with Crippen molar-refractivity contribution in [2.75, 3.05) is 20.3 Å². The van der Waals surface area contributed by atoms with Gasteiger partial charge in [-0.2, -0.15) is 0 Å². The van der Waals surface area contributed by atoms with Crippen LogP contribution in [0.5, 0.6) is 0 Å². The van der Waals surface area contributed by atoms with Crippen LogP contribution in [0.1, 0.15) is 20.8 Å². The molecule has 0 amide bonds. The van der Waals surface area contributed by atoms with Crippen molar-refractivity contribution in [3.8, 4) is 0 Å². The third-order valence-electron chi connectivity index (χ3n) is 1.23. The van der Waals surface area contributed by atoms with Crippen LogP contribution in [0.2, 0.25) is 0 Å². The van der Waals surface area contributed by atoms with Crippen LogP contribution in [0.4, 0.5) is 0 Å². The quantitative estimate of drug-likeness (QED) is 0.522. The van der Waals surface area contributed by atoms with Gasteiger partial charge in [0.15, 0.2) is 0 Å². The number of ether oxygens (including phenoxy) is 1. The highest BCUT2D eigenvalue weighted by Crippen LogP contribution is 1.93. The van der Waals surface area contributed by atoms with Crippen molar-refractivity contribution in [1.82, 2.24) is 5.32 Å². The largest absolute Gasteiger partial charge is 0.383 e. The van der Waals surface area contributed by atoms with Crippen LogP contribution < -0.4 is 5.32 Å². The average molecular weight is 197 g/mol. The monoisotopic (exact) mass is 197 g/mol. The summed E-state index contributed by atoms with van der Waals surface area (Å²) in [5.74, 6) is 0. The van der Waals surface area contributed by atoms with Crippen LogP contribution in [0, 0.1) is 0 Å². The second kappa shape index (κ2) is 12.0. The van der Waals surface area contributed by atoms with E-state index in [-0.39, 0.29) is 0 Å². The van der Waals surface area contributed by atoms with Crippen molar-refractivity contribution in [2.24, 2.45) is 0 Å². The minimum atomic E-state index is 0.694. The zero-order valence-corrected chi connectivity index (χ0v) is 9.89. The molecule has 0 radical (unpaired) electrons. The van der Waals surface area contributed by atoms with Gasteiger partial charge in [0.25, 0.3) is 0 Å². The Bertz CT molecular complexity index is 183. The predicted octanol–water partition coefficient (Wildman–Crippen LogP) is 2.89. The van der Waals surface area contributed by atoms with Crippen LogP contribution >= 0.6 is 0 Å². The van der Waals surface area contributed by atoms with Crippen LogP contribution in [-0.2, 0) is 4.74 Å². The van der Waals surface area contributed by atoms with E-state index in [0.717, 1.165) is 17.8 Å². The highest BCUT2D eigenvalue weighted by atomic mass is 16.5. The van der Waals surface area contributed by atoms with Gasteiger partial charge < -0.3 is 10.1 Å². The second-order valence-corrected chi connectivity index (χ2v) is 2.62. The van der Waals surface area contributed by atoms with Gasteiger partial charge in [0.1, 0.15) is 0 Å². The molecule has 0 aromatic heterocycles. The summed E-state index contributed by atoms with van der Waals surface area (Å²) in [6.07, 6.45) is 3.82. The van der Waals surface area contributed by atoms with Gasteiger partial charge in [-0.1, -0.05) is 38.7 Å². The van der Waals surface area contributed by atoms with Crippen LogP contribution in [-0.4, -0.2) is 20.3 Å². The van der Waals surface area contributed by atoms with Crippen molar-refractivity contribution in [3.63, 3.8) is 0 Å². The van der Waals surface area contributed by atoms with E-state index in [1.807, 2.05) is 32.9 Å². The molecule has 0 aliphatic rings. The molecule has 0 saturated heterocycles. The van der Waals surface area contributed by atoms with Crippen molar-refractivity contribution >= 4 is 0 Å². The van der Waals surface area contributed by atoms with Gasteiger partial charge in [-0.05, 0) is 13.0 Å². The molecule has 0 bridgehead atoms. The number of allylic oxidation sites excluding steroid dienone is 3. The number of nitrogens with one attached hydrogen (secondary N) is 1. The Balaban J connectivity index is 0. The molecule has 0 saturated carbocycles. The van der Waals surface area contributed by atoms with E-state index < -0.39 is 0 Å². The molecule has 2 nitrogen and oxygen atoms in total. The third-order valence-corrected chi connectivity index (χ3v) is 1.23. The molecule has 14 heavy (non-hydrogen) atoms. The normalized spacial score (nSPS) is 9.14. The molecule has 0 heterocycles. The standard InChI is InChI=1S/C10H17NO.C2H6/c1-9(2)5-6-10(3)11-7-8-12-4;1-2/h5-6,11H,1,3,7-8H2,2,4H3;1-2H3/b6-5-;. The molecule has 2 heteroatoms. The summed E-state index contributed by atoms with van der Waals surface area (Å²) in [5.41, 5.74) is 1.90. The predicted molar refractivity (Wildman–Crippen MR) is 64.3 cm³/mol. The van der Waals surface area contributed by atoms with Gasteiger partial charge >= 0.3 is 0 Å². The fourth-order valence-corrected chi connectivity index (χ4v) is 0.615. The highest BCUT2D eigenvalue weighted by Gasteiger charge is 1.85.